The van der Waals surface area contributed by atoms with Crippen LogP contribution in [0.15, 0.2) is 4.99 Å². The first kappa shape index (κ1) is 10.5. The third kappa shape index (κ3) is 2.52. The van der Waals surface area contributed by atoms with Crippen molar-refractivity contribution in [2.45, 2.75) is 37.0 Å². The zero-order valence-electron chi connectivity index (χ0n) is 8.86. The number of rotatable bonds is 4. The van der Waals surface area contributed by atoms with Crippen LogP contribution < -0.4 is 0 Å². The number of alkyl halides is 1. The van der Waals surface area contributed by atoms with E-state index in [9.17, 15) is 0 Å². The molecular weight excluding hydrogens is 272 g/mol. The van der Waals surface area contributed by atoms with Crippen LogP contribution in [0.25, 0.3) is 0 Å². The van der Waals surface area contributed by atoms with Crippen LogP contribution in [0.1, 0.15) is 25.7 Å². The minimum atomic E-state index is 0.681. The first-order valence-corrected chi connectivity index (χ1v) is 7.90. The Hall–Kier alpha value is 0.300. The van der Waals surface area contributed by atoms with Gasteiger partial charge in [-0.15, -0.1) is 0 Å². The third-order valence-electron chi connectivity index (χ3n) is 3.26. The second kappa shape index (κ2) is 4.28. The van der Waals surface area contributed by atoms with E-state index in [0.717, 1.165) is 23.8 Å². The average molecular weight is 289 g/mol. The fourth-order valence-corrected chi connectivity index (χ4v) is 3.61. The summed E-state index contributed by atoms with van der Waals surface area (Å²) in [4.78, 5) is 7.31. The van der Waals surface area contributed by atoms with E-state index in [1.165, 1.54) is 37.4 Å². The molecule has 0 amide bonds. The SMILES string of the molecule is BrCC1CN=C(N(CC2CC2)C2CC2)S1. The fraction of sp³-hybridized carbons (Fsp3) is 0.909. The number of halogens is 1. The number of amidine groups is 1. The molecule has 0 aromatic carbocycles. The minimum Gasteiger partial charge on any atom is -0.348 e. The van der Waals surface area contributed by atoms with Crippen LogP contribution in [-0.2, 0) is 0 Å². The molecular formula is C11H17BrN2S. The fourth-order valence-electron chi connectivity index (χ4n) is 1.99. The van der Waals surface area contributed by atoms with Gasteiger partial charge in [-0.3, -0.25) is 4.99 Å². The van der Waals surface area contributed by atoms with Crippen molar-refractivity contribution < 1.29 is 0 Å². The second-order valence-electron chi connectivity index (χ2n) is 4.84. The lowest BCUT2D eigenvalue weighted by atomic mass is 10.4. The third-order valence-corrected chi connectivity index (χ3v) is 5.69. The predicted molar refractivity (Wildman–Crippen MR) is 69.9 cm³/mol. The number of nitrogens with zero attached hydrogens (tertiary/aromatic N) is 2. The quantitative estimate of drug-likeness (QED) is 0.740. The maximum Gasteiger partial charge on any atom is 0.159 e. The van der Waals surface area contributed by atoms with Gasteiger partial charge in [0.15, 0.2) is 5.17 Å². The van der Waals surface area contributed by atoms with Crippen LogP contribution >= 0.6 is 27.7 Å². The summed E-state index contributed by atoms with van der Waals surface area (Å²) >= 11 is 5.54. The molecule has 3 aliphatic rings. The summed E-state index contributed by atoms with van der Waals surface area (Å²) in [7, 11) is 0. The molecule has 0 saturated heterocycles. The Balaban J connectivity index is 1.61. The molecule has 0 N–H and O–H groups in total. The highest BCUT2D eigenvalue weighted by molar-refractivity contribution is 9.09. The van der Waals surface area contributed by atoms with Crippen molar-refractivity contribution in [3.05, 3.63) is 0 Å². The van der Waals surface area contributed by atoms with E-state index >= 15 is 0 Å². The van der Waals surface area contributed by atoms with Crippen molar-refractivity contribution in [2.24, 2.45) is 10.9 Å². The van der Waals surface area contributed by atoms with E-state index < -0.39 is 0 Å². The highest BCUT2D eigenvalue weighted by Crippen LogP contribution is 2.38. The molecule has 0 aromatic rings. The summed E-state index contributed by atoms with van der Waals surface area (Å²) in [5, 5.41) is 3.10. The maximum absolute atomic E-state index is 4.71. The Morgan fingerprint density at radius 3 is 2.67 bits per heavy atom. The van der Waals surface area contributed by atoms with Crippen molar-refractivity contribution >= 4 is 32.9 Å². The molecule has 0 aromatic heterocycles. The van der Waals surface area contributed by atoms with Crippen molar-refractivity contribution in [3.8, 4) is 0 Å². The van der Waals surface area contributed by atoms with E-state index in [1.54, 1.807) is 0 Å². The summed E-state index contributed by atoms with van der Waals surface area (Å²) in [6.45, 7) is 2.30. The zero-order valence-corrected chi connectivity index (χ0v) is 11.3. The summed E-state index contributed by atoms with van der Waals surface area (Å²) in [6, 6.07) is 0.839. The Morgan fingerprint density at radius 2 is 2.13 bits per heavy atom. The van der Waals surface area contributed by atoms with Crippen LogP contribution in [0.2, 0.25) is 0 Å². The topological polar surface area (TPSA) is 15.6 Å². The van der Waals surface area contributed by atoms with Gasteiger partial charge in [-0.05, 0) is 31.6 Å². The van der Waals surface area contributed by atoms with Gasteiger partial charge in [0.1, 0.15) is 0 Å². The van der Waals surface area contributed by atoms with Crippen molar-refractivity contribution in [1.29, 1.82) is 0 Å². The van der Waals surface area contributed by atoms with Gasteiger partial charge in [-0.2, -0.15) is 0 Å². The lowest BCUT2D eigenvalue weighted by Gasteiger charge is -2.23. The molecule has 2 aliphatic carbocycles. The highest BCUT2D eigenvalue weighted by atomic mass is 79.9. The van der Waals surface area contributed by atoms with E-state index in [2.05, 4.69) is 20.8 Å². The summed E-state index contributed by atoms with van der Waals surface area (Å²) in [6.07, 6.45) is 5.68. The Kier molecular flexibility index (Phi) is 2.99. The molecule has 4 heteroatoms. The van der Waals surface area contributed by atoms with E-state index in [-0.39, 0.29) is 0 Å². The molecule has 15 heavy (non-hydrogen) atoms. The first-order chi connectivity index (χ1) is 7.36. The molecule has 3 rings (SSSR count). The number of thioether (sulfide) groups is 1. The van der Waals surface area contributed by atoms with Gasteiger partial charge < -0.3 is 4.90 Å². The minimum absolute atomic E-state index is 0.681. The summed E-state index contributed by atoms with van der Waals surface area (Å²) in [5.74, 6) is 0.983. The van der Waals surface area contributed by atoms with Gasteiger partial charge in [-0.1, -0.05) is 27.7 Å². The predicted octanol–water partition coefficient (Wildman–Crippen LogP) is 2.73. The smallest absolute Gasteiger partial charge is 0.159 e. The molecule has 1 heterocycles. The van der Waals surface area contributed by atoms with Crippen LogP contribution in [0.5, 0.6) is 0 Å². The molecule has 0 radical (unpaired) electrons. The zero-order chi connectivity index (χ0) is 10.3. The largest absolute Gasteiger partial charge is 0.348 e. The van der Waals surface area contributed by atoms with Crippen molar-refractivity contribution in [2.75, 3.05) is 18.4 Å². The first-order valence-electron chi connectivity index (χ1n) is 5.90. The lowest BCUT2D eigenvalue weighted by Crippen LogP contribution is -2.32. The van der Waals surface area contributed by atoms with Gasteiger partial charge in [0.05, 0.1) is 6.54 Å². The molecule has 0 spiro atoms. The van der Waals surface area contributed by atoms with Crippen LogP contribution in [-0.4, -0.2) is 39.8 Å². The molecule has 0 bridgehead atoms. The number of hydrogen-bond donors (Lipinski definition) is 0. The van der Waals surface area contributed by atoms with Gasteiger partial charge in [0.2, 0.25) is 0 Å². The normalized spacial score (nSPS) is 30.5. The standard InChI is InChI=1S/C11H17BrN2S/c12-5-10-6-13-11(15-10)14(9-3-4-9)7-8-1-2-8/h8-10H,1-7H2. The van der Waals surface area contributed by atoms with Crippen molar-refractivity contribution in [3.63, 3.8) is 0 Å². The lowest BCUT2D eigenvalue weighted by molar-refractivity contribution is 0.398. The monoisotopic (exact) mass is 288 g/mol. The highest BCUT2D eigenvalue weighted by Gasteiger charge is 2.37. The Bertz CT molecular complexity index is 274. The van der Waals surface area contributed by atoms with E-state index in [0.29, 0.717) is 5.25 Å². The molecule has 2 nitrogen and oxygen atoms in total. The van der Waals surface area contributed by atoms with Gasteiger partial charge >= 0.3 is 0 Å². The molecule has 1 atom stereocenters. The summed E-state index contributed by atoms with van der Waals surface area (Å²) in [5.41, 5.74) is 0. The Morgan fingerprint density at radius 1 is 1.33 bits per heavy atom. The van der Waals surface area contributed by atoms with Crippen LogP contribution in [0.4, 0.5) is 0 Å². The molecule has 2 saturated carbocycles. The average Bonchev–Trinajstić information content (AvgIpc) is 3.14. The van der Waals surface area contributed by atoms with Crippen LogP contribution in [0.3, 0.4) is 0 Å². The molecule has 1 unspecified atom stereocenters. The maximum atomic E-state index is 4.71. The molecule has 1 aliphatic heterocycles. The van der Waals surface area contributed by atoms with E-state index in [1.807, 2.05) is 11.8 Å². The second-order valence-corrected chi connectivity index (χ2v) is 6.76. The number of hydrogen-bond acceptors (Lipinski definition) is 3. The van der Waals surface area contributed by atoms with Crippen molar-refractivity contribution in [1.82, 2.24) is 4.90 Å². The van der Waals surface area contributed by atoms with Gasteiger partial charge in [-0.25, -0.2) is 0 Å². The van der Waals surface area contributed by atoms with Crippen LogP contribution in [0, 0.1) is 5.92 Å². The molecule has 2 fully saturated rings. The van der Waals surface area contributed by atoms with E-state index in [4.69, 9.17) is 4.99 Å². The van der Waals surface area contributed by atoms with Gasteiger partial charge in [0, 0.05) is 23.2 Å². The van der Waals surface area contributed by atoms with Gasteiger partial charge in [0.25, 0.3) is 0 Å². The molecule has 84 valence electrons. The number of aliphatic imine (C=N–C) groups is 1. The Labute approximate surface area is 104 Å². The summed E-state index contributed by atoms with van der Waals surface area (Å²) < 4.78 is 0.